The van der Waals surface area contributed by atoms with E-state index in [1.807, 2.05) is 0 Å². The Morgan fingerprint density at radius 3 is 2.72 bits per heavy atom. The number of aromatic carboxylic acids is 1. The van der Waals surface area contributed by atoms with Crippen LogP contribution in [-0.2, 0) is 13.6 Å². The zero-order valence-electron chi connectivity index (χ0n) is 13.2. The van der Waals surface area contributed by atoms with E-state index in [1.165, 1.54) is 34.7 Å². The number of carboxylic acid groups (broad SMARTS) is 1. The first-order valence-electron chi connectivity index (χ1n) is 7.29. The van der Waals surface area contributed by atoms with Crippen LogP contribution in [0.2, 0.25) is 0 Å². The minimum atomic E-state index is -1.30. The summed E-state index contributed by atoms with van der Waals surface area (Å²) in [6.45, 7) is 0.204. The molecule has 128 valence electrons. The summed E-state index contributed by atoms with van der Waals surface area (Å²) in [6, 6.07) is 7.86. The molecule has 0 atom stereocenters. The maximum absolute atomic E-state index is 13.7. The van der Waals surface area contributed by atoms with Crippen LogP contribution in [0.1, 0.15) is 26.4 Å². The summed E-state index contributed by atoms with van der Waals surface area (Å²) in [6.07, 6.45) is 2.90. The highest BCUT2D eigenvalue weighted by atomic mass is 19.1. The molecule has 8 nitrogen and oxygen atoms in total. The van der Waals surface area contributed by atoms with Crippen molar-refractivity contribution in [3.05, 3.63) is 65.4 Å². The van der Waals surface area contributed by atoms with Crippen molar-refractivity contribution < 1.29 is 19.1 Å². The summed E-state index contributed by atoms with van der Waals surface area (Å²) >= 11 is 0. The Hall–Kier alpha value is -3.49. The molecule has 2 N–H and O–H groups in total. The van der Waals surface area contributed by atoms with Crippen molar-refractivity contribution >= 4 is 17.7 Å². The molecule has 0 spiro atoms. The number of halogens is 1. The van der Waals surface area contributed by atoms with Gasteiger partial charge in [-0.2, -0.15) is 10.2 Å². The molecule has 9 heteroatoms. The highest BCUT2D eigenvalue weighted by Crippen LogP contribution is 2.12. The first-order chi connectivity index (χ1) is 11.9. The van der Waals surface area contributed by atoms with Gasteiger partial charge in [-0.3, -0.25) is 14.2 Å². The molecule has 0 bridgehead atoms. The zero-order chi connectivity index (χ0) is 18.0. The van der Waals surface area contributed by atoms with Crippen LogP contribution >= 0.6 is 0 Å². The number of anilines is 1. The fraction of sp³-hybridized carbons (Fsp3) is 0.125. The first-order valence-corrected chi connectivity index (χ1v) is 7.29. The van der Waals surface area contributed by atoms with Gasteiger partial charge in [0.15, 0.2) is 11.5 Å². The van der Waals surface area contributed by atoms with Gasteiger partial charge < -0.3 is 10.4 Å². The van der Waals surface area contributed by atoms with Gasteiger partial charge in [-0.25, -0.2) is 9.18 Å². The van der Waals surface area contributed by atoms with E-state index in [1.54, 1.807) is 24.4 Å². The summed E-state index contributed by atoms with van der Waals surface area (Å²) in [7, 11) is 1.52. The third-order valence-electron chi connectivity index (χ3n) is 3.45. The number of hydrogen-bond acceptors (Lipinski definition) is 4. The number of amides is 1. The predicted molar refractivity (Wildman–Crippen MR) is 85.8 cm³/mol. The first kappa shape index (κ1) is 16.4. The van der Waals surface area contributed by atoms with Gasteiger partial charge >= 0.3 is 5.97 Å². The van der Waals surface area contributed by atoms with Crippen LogP contribution < -0.4 is 5.32 Å². The maximum atomic E-state index is 13.7. The van der Waals surface area contributed by atoms with E-state index in [-0.39, 0.29) is 29.4 Å². The lowest BCUT2D eigenvalue weighted by atomic mass is 10.2. The van der Waals surface area contributed by atoms with Gasteiger partial charge in [0.25, 0.3) is 5.91 Å². The number of benzene rings is 1. The number of carbonyl (C=O) groups is 2. The fourth-order valence-electron chi connectivity index (χ4n) is 2.31. The quantitative estimate of drug-likeness (QED) is 0.735. The highest BCUT2D eigenvalue weighted by Gasteiger charge is 2.21. The average Bonchev–Trinajstić information content (AvgIpc) is 3.16. The Balaban J connectivity index is 1.74. The number of carboxylic acids is 1. The molecule has 3 aromatic rings. The van der Waals surface area contributed by atoms with E-state index in [9.17, 15) is 14.0 Å². The smallest absolute Gasteiger partial charge is 0.357 e. The number of rotatable bonds is 5. The fourth-order valence-corrected chi connectivity index (χ4v) is 2.31. The van der Waals surface area contributed by atoms with Gasteiger partial charge in [0.05, 0.1) is 12.1 Å². The van der Waals surface area contributed by atoms with Gasteiger partial charge in [0, 0.05) is 31.1 Å². The van der Waals surface area contributed by atoms with Crippen molar-refractivity contribution in [2.24, 2.45) is 7.05 Å². The molecule has 0 aliphatic carbocycles. The summed E-state index contributed by atoms with van der Waals surface area (Å²) in [5.74, 6) is -2.05. The standard InChI is InChI=1S/C16H14FN5O3/c1-21-9-11(14(20-21)16(24)25)15(23)18-13-6-7-22(19-13)8-10-4-2-3-5-12(10)17/h2-7,9H,8H2,1H3,(H,24,25)(H,18,19,23). The summed E-state index contributed by atoms with van der Waals surface area (Å²) < 4.78 is 16.4. The van der Waals surface area contributed by atoms with E-state index in [4.69, 9.17) is 5.11 Å². The largest absolute Gasteiger partial charge is 0.476 e. The predicted octanol–water partition coefficient (Wildman–Crippen LogP) is 1.75. The SMILES string of the molecule is Cn1cc(C(=O)Nc2ccn(Cc3ccccc3F)n2)c(C(=O)O)n1. The van der Waals surface area contributed by atoms with Crippen molar-refractivity contribution in [1.29, 1.82) is 0 Å². The van der Waals surface area contributed by atoms with Gasteiger partial charge in [0.1, 0.15) is 5.82 Å². The van der Waals surface area contributed by atoms with Gasteiger partial charge in [-0.05, 0) is 6.07 Å². The Labute approximate surface area is 141 Å². The van der Waals surface area contributed by atoms with E-state index in [0.29, 0.717) is 5.56 Å². The molecule has 0 radical (unpaired) electrons. The van der Waals surface area contributed by atoms with Crippen LogP contribution in [0.25, 0.3) is 0 Å². The lowest BCUT2D eigenvalue weighted by molar-refractivity contribution is 0.0685. The molecule has 1 amide bonds. The molecule has 0 saturated heterocycles. The van der Waals surface area contributed by atoms with E-state index in [2.05, 4.69) is 15.5 Å². The lowest BCUT2D eigenvalue weighted by Gasteiger charge is -2.03. The number of aromatic nitrogens is 4. The van der Waals surface area contributed by atoms with Crippen LogP contribution in [0, 0.1) is 5.82 Å². The molecular weight excluding hydrogens is 329 g/mol. The lowest BCUT2D eigenvalue weighted by Crippen LogP contribution is -2.16. The summed E-state index contributed by atoms with van der Waals surface area (Å²) in [5, 5.41) is 19.5. The molecule has 0 aliphatic rings. The van der Waals surface area contributed by atoms with Crippen molar-refractivity contribution in [2.75, 3.05) is 5.32 Å². The zero-order valence-corrected chi connectivity index (χ0v) is 13.2. The van der Waals surface area contributed by atoms with Gasteiger partial charge in [-0.1, -0.05) is 18.2 Å². The molecule has 3 rings (SSSR count). The minimum Gasteiger partial charge on any atom is -0.476 e. The van der Waals surface area contributed by atoms with Crippen LogP contribution in [0.3, 0.4) is 0 Å². The van der Waals surface area contributed by atoms with Crippen LogP contribution in [0.15, 0.2) is 42.7 Å². The average molecular weight is 343 g/mol. The van der Waals surface area contributed by atoms with Crippen LogP contribution in [-0.4, -0.2) is 36.5 Å². The number of nitrogens with one attached hydrogen (secondary N) is 1. The number of carbonyl (C=O) groups excluding carboxylic acids is 1. The second-order valence-electron chi connectivity index (χ2n) is 5.31. The molecule has 0 fully saturated rings. The van der Waals surface area contributed by atoms with Gasteiger partial charge in [0.2, 0.25) is 0 Å². The molecule has 0 saturated carbocycles. The molecule has 25 heavy (non-hydrogen) atoms. The van der Waals surface area contributed by atoms with E-state index in [0.717, 1.165) is 0 Å². The molecule has 2 aromatic heterocycles. The molecule has 1 aromatic carbocycles. The minimum absolute atomic E-state index is 0.0707. The molecule has 0 aliphatic heterocycles. The normalized spacial score (nSPS) is 10.6. The van der Waals surface area contributed by atoms with Crippen LogP contribution in [0.4, 0.5) is 10.2 Å². The molecular formula is C16H14FN5O3. The topological polar surface area (TPSA) is 102 Å². The monoisotopic (exact) mass is 343 g/mol. The Kier molecular flexibility index (Phi) is 4.29. The van der Waals surface area contributed by atoms with Crippen LogP contribution in [0.5, 0.6) is 0 Å². The van der Waals surface area contributed by atoms with Crippen molar-refractivity contribution in [2.45, 2.75) is 6.54 Å². The van der Waals surface area contributed by atoms with E-state index < -0.39 is 11.9 Å². The van der Waals surface area contributed by atoms with Crippen molar-refractivity contribution in [3.8, 4) is 0 Å². The number of hydrogen-bond donors (Lipinski definition) is 2. The number of nitrogens with zero attached hydrogens (tertiary/aromatic N) is 4. The second-order valence-corrected chi connectivity index (χ2v) is 5.31. The number of aryl methyl sites for hydroxylation is 1. The van der Waals surface area contributed by atoms with Gasteiger partial charge in [-0.15, -0.1) is 0 Å². The third-order valence-corrected chi connectivity index (χ3v) is 3.45. The maximum Gasteiger partial charge on any atom is 0.357 e. The van der Waals surface area contributed by atoms with E-state index >= 15 is 0 Å². The molecule has 2 heterocycles. The Bertz CT molecular complexity index is 947. The summed E-state index contributed by atoms with van der Waals surface area (Å²) in [4.78, 5) is 23.4. The Morgan fingerprint density at radius 1 is 1.24 bits per heavy atom. The highest BCUT2D eigenvalue weighted by molar-refractivity contribution is 6.09. The van der Waals surface area contributed by atoms with Crippen molar-refractivity contribution in [1.82, 2.24) is 19.6 Å². The van der Waals surface area contributed by atoms with Crippen molar-refractivity contribution in [3.63, 3.8) is 0 Å². The molecule has 0 unspecified atom stereocenters. The third kappa shape index (κ3) is 3.55. The summed E-state index contributed by atoms with van der Waals surface area (Å²) in [5.41, 5.74) is 0.0494. The Morgan fingerprint density at radius 2 is 2.00 bits per heavy atom. The second kappa shape index (κ2) is 6.56.